The van der Waals surface area contributed by atoms with Gasteiger partial charge in [-0.3, -0.25) is 4.79 Å². The van der Waals surface area contributed by atoms with Crippen molar-refractivity contribution in [3.63, 3.8) is 0 Å². The number of imidazole rings is 1. The van der Waals surface area contributed by atoms with Gasteiger partial charge in [0.1, 0.15) is 5.82 Å². The molecule has 0 saturated heterocycles. The Morgan fingerprint density at radius 2 is 2.30 bits per heavy atom. The summed E-state index contributed by atoms with van der Waals surface area (Å²) in [5.74, 6) is 0.857. The first kappa shape index (κ1) is 13.1. The number of nitrogens with zero attached hydrogens (tertiary/aromatic N) is 1. The van der Waals surface area contributed by atoms with Gasteiger partial charge in [-0.2, -0.15) is 11.3 Å². The molecule has 3 aromatic rings. The normalized spacial score (nSPS) is 10.6. The summed E-state index contributed by atoms with van der Waals surface area (Å²) in [6.07, 6.45) is 2.53. The van der Waals surface area contributed by atoms with Crippen LogP contribution in [0.2, 0.25) is 0 Å². The van der Waals surface area contributed by atoms with Crippen molar-refractivity contribution in [1.29, 1.82) is 0 Å². The van der Waals surface area contributed by atoms with E-state index in [0.717, 1.165) is 11.5 Å². The van der Waals surface area contributed by atoms with Gasteiger partial charge < -0.3 is 10.3 Å². The number of carbonyl (C=O) groups is 1. The predicted molar refractivity (Wildman–Crippen MR) is 82.3 cm³/mol. The lowest BCUT2D eigenvalue weighted by Crippen LogP contribution is -2.25. The maximum absolute atomic E-state index is 11.8. The molecule has 0 radical (unpaired) electrons. The summed E-state index contributed by atoms with van der Waals surface area (Å²) < 4.78 is 0. The van der Waals surface area contributed by atoms with Crippen molar-refractivity contribution in [2.45, 2.75) is 6.42 Å². The number of hydrogen-bond donors (Lipinski definition) is 2. The number of carbonyl (C=O) groups excluding carboxylic acids is 1. The highest BCUT2D eigenvalue weighted by molar-refractivity contribution is 7.13. The van der Waals surface area contributed by atoms with E-state index in [0.29, 0.717) is 18.5 Å². The molecule has 0 saturated carbocycles. The van der Waals surface area contributed by atoms with E-state index >= 15 is 0 Å². The van der Waals surface area contributed by atoms with Crippen LogP contribution in [0.1, 0.15) is 16.2 Å². The maximum atomic E-state index is 11.8. The van der Waals surface area contributed by atoms with Crippen LogP contribution in [0.25, 0.3) is 10.6 Å². The molecule has 0 spiro atoms. The Morgan fingerprint density at radius 3 is 3.05 bits per heavy atom. The quantitative estimate of drug-likeness (QED) is 0.760. The summed E-state index contributed by atoms with van der Waals surface area (Å²) in [7, 11) is 0. The fourth-order valence-electron chi connectivity index (χ4n) is 1.84. The lowest BCUT2D eigenvalue weighted by molar-refractivity contribution is 0.0954. The number of hydrogen-bond acceptors (Lipinski definition) is 4. The summed E-state index contributed by atoms with van der Waals surface area (Å²) in [5, 5.41) is 8.67. The van der Waals surface area contributed by atoms with Crippen molar-refractivity contribution < 1.29 is 4.79 Å². The van der Waals surface area contributed by atoms with Crippen molar-refractivity contribution in [3.8, 4) is 10.6 Å². The number of nitrogens with one attached hydrogen (secondary N) is 2. The maximum Gasteiger partial charge on any atom is 0.252 e. The lowest BCUT2D eigenvalue weighted by Gasteiger charge is -2.01. The first-order valence-corrected chi connectivity index (χ1v) is 8.03. The molecule has 6 heteroatoms. The number of thiophene rings is 2. The molecule has 0 aliphatic rings. The Morgan fingerprint density at radius 1 is 1.35 bits per heavy atom. The Hall–Kier alpha value is -1.92. The molecule has 0 atom stereocenters. The highest BCUT2D eigenvalue weighted by atomic mass is 32.1. The summed E-state index contributed by atoms with van der Waals surface area (Å²) in [6.45, 7) is 0.575. The molecule has 3 aromatic heterocycles. The van der Waals surface area contributed by atoms with Crippen LogP contribution in [0.15, 0.2) is 40.5 Å². The van der Waals surface area contributed by atoms with Gasteiger partial charge in [-0.25, -0.2) is 4.98 Å². The van der Waals surface area contributed by atoms with Crippen molar-refractivity contribution >= 4 is 28.6 Å². The predicted octanol–water partition coefficient (Wildman–Crippen LogP) is 3.17. The Balaban J connectivity index is 1.53. The number of aromatic amines is 1. The lowest BCUT2D eigenvalue weighted by atomic mass is 10.3. The third-order valence-corrected chi connectivity index (χ3v) is 4.43. The molecule has 3 rings (SSSR count). The first-order chi connectivity index (χ1) is 9.83. The smallest absolute Gasteiger partial charge is 0.252 e. The monoisotopic (exact) mass is 303 g/mol. The standard InChI is InChI=1S/C14H13N3OS2/c18-14(10-4-7-19-9-10)15-5-3-13-16-8-11(17-13)12-2-1-6-20-12/h1-2,4,6-9H,3,5H2,(H,15,18)(H,16,17). The third kappa shape index (κ3) is 2.97. The molecule has 3 heterocycles. The van der Waals surface area contributed by atoms with Gasteiger partial charge in [0.25, 0.3) is 5.91 Å². The van der Waals surface area contributed by atoms with Crippen LogP contribution in [0, 0.1) is 0 Å². The highest BCUT2D eigenvalue weighted by Crippen LogP contribution is 2.22. The molecule has 1 amide bonds. The van der Waals surface area contributed by atoms with Crippen LogP contribution in [0.4, 0.5) is 0 Å². The fraction of sp³-hybridized carbons (Fsp3) is 0.143. The molecule has 20 heavy (non-hydrogen) atoms. The van der Waals surface area contributed by atoms with Crippen LogP contribution in [-0.4, -0.2) is 22.4 Å². The van der Waals surface area contributed by atoms with Crippen molar-refractivity contribution in [2.24, 2.45) is 0 Å². The van der Waals surface area contributed by atoms with E-state index in [-0.39, 0.29) is 5.91 Å². The van der Waals surface area contributed by atoms with Crippen LogP contribution in [-0.2, 0) is 6.42 Å². The SMILES string of the molecule is O=C(NCCc1ncc(-c2cccs2)[nH]1)c1ccsc1. The number of aromatic nitrogens is 2. The Kier molecular flexibility index (Phi) is 3.94. The topological polar surface area (TPSA) is 57.8 Å². The molecule has 0 fully saturated rings. The Bertz CT molecular complexity index is 671. The van der Waals surface area contributed by atoms with Gasteiger partial charge in [-0.1, -0.05) is 6.07 Å². The minimum absolute atomic E-state index is 0.0312. The van der Waals surface area contributed by atoms with Gasteiger partial charge in [-0.15, -0.1) is 11.3 Å². The van der Waals surface area contributed by atoms with Gasteiger partial charge >= 0.3 is 0 Å². The van der Waals surface area contributed by atoms with E-state index in [1.54, 1.807) is 11.3 Å². The second-order valence-corrected chi connectivity index (χ2v) is 5.97. The van der Waals surface area contributed by atoms with E-state index in [1.807, 2.05) is 34.5 Å². The summed E-state index contributed by atoms with van der Waals surface area (Å²) in [4.78, 5) is 20.5. The zero-order chi connectivity index (χ0) is 13.8. The van der Waals surface area contributed by atoms with Gasteiger partial charge in [0.05, 0.1) is 16.8 Å². The van der Waals surface area contributed by atoms with E-state index in [4.69, 9.17) is 0 Å². The average Bonchev–Trinajstić information content (AvgIpc) is 3.20. The van der Waals surface area contributed by atoms with Crippen molar-refractivity contribution in [1.82, 2.24) is 15.3 Å². The van der Waals surface area contributed by atoms with E-state index in [2.05, 4.69) is 21.4 Å². The van der Waals surface area contributed by atoms with Crippen LogP contribution < -0.4 is 5.32 Å². The van der Waals surface area contributed by atoms with Crippen LogP contribution in [0.3, 0.4) is 0 Å². The second-order valence-electron chi connectivity index (χ2n) is 4.24. The zero-order valence-corrected chi connectivity index (χ0v) is 12.3. The van der Waals surface area contributed by atoms with Gasteiger partial charge in [0, 0.05) is 23.9 Å². The third-order valence-electron chi connectivity index (χ3n) is 2.85. The zero-order valence-electron chi connectivity index (χ0n) is 10.6. The summed E-state index contributed by atoms with van der Waals surface area (Å²) in [6, 6.07) is 5.89. The Labute approximate surface area is 124 Å². The van der Waals surface area contributed by atoms with E-state index < -0.39 is 0 Å². The summed E-state index contributed by atoms with van der Waals surface area (Å²) in [5.41, 5.74) is 1.74. The average molecular weight is 303 g/mol. The largest absolute Gasteiger partial charge is 0.352 e. The first-order valence-electron chi connectivity index (χ1n) is 6.21. The molecular weight excluding hydrogens is 290 g/mol. The summed E-state index contributed by atoms with van der Waals surface area (Å²) >= 11 is 3.20. The number of amides is 1. The molecule has 0 aliphatic heterocycles. The minimum Gasteiger partial charge on any atom is -0.352 e. The van der Waals surface area contributed by atoms with Crippen molar-refractivity contribution in [3.05, 3.63) is 51.9 Å². The van der Waals surface area contributed by atoms with Gasteiger partial charge in [0.15, 0.2) is 0 Å². The molecule has 0 bridgehead atoms. The van der Waals surface area contributed by atoms with Crippen LogP contribution >= 0.6 is 22.7 Å². The highest BCUT2D eigenvalue weighted by Gasteiger charge is 2.07. The van der Waals surface area contributed by atoms with Crippen molar-refractivity contribution in [2.75, 3.05) is 6.54 Å². The number of H-pyrrole nitrogens is 1. The van der Waals surface area contributed by atoms with Gasteiger partial charge in [0.2, 0.25) is 0 Å². The molecule has 102 valence electrons. The number of rotatable bonds is 5. The molecular formula is C14H13N3OS2. The van der Waals surface area contributed by atoms with E-state index in [9.17, 15) is 4.79 Å². The minimum atomic E-state index is -0.0312. The molecule has 0 unspecified atom stereocenters. The fourth-order valence-corrected chi connectivity index (χ4v) is 3.16. The molecule has 0 aromatic carbocycles. The molecule has 2 N–H and O–H groups in total. The van der Waals surface area contributed by atoms with E-state index in [1.165, 1.54) is 16.2 Å². The van der Waals surface area contributed by atoms with Gasteiger partial charge in [-0.05, 0) is 22.9 Å². The van der Waals surface area contributed by atoms with Crippen LogP contribution in [0.5, 0.6) is 0 Å². The molecule has 4 nitrogen and oxygen atoms in total. The second kappa shape index (κ2) is 6.02. The molecule has 0 aliphatic carbocycles.